The van der Waals surface area contributed by atoms with Gasteiger partial charge in [-0.2, -0.15) is 0 Å². The number of nitrogens with one attached hydrogen (secondary N) is 1. The molecule has 8 nitrogen and oxygen atoms in total. The van der Waals surface area contributed by atoms with E-state index in [1.165, 1.54) is 0 Å². The predicted octanol–water partition coefficient (Wildman–Crippen LogP) is 6.80. The summed E-state index contributed by atoms with van der Waals surface area (Å²) in [5.41, 5.74) is 5.32. The van der Waals surface area contributed by atoms with Gasteiger partial charge in [0.05, 0.1) is 6.61 Å². The van der Waals surface area contributed by atoms with Crippen molar-refractivity contribution in [1.29, 1.82) is 0 Å². The molecule has 2 heterocycles. The van der Waals surface area contributed by atoms with E-state index in [9.17, 15) is 9.59 Å². The molecule has 0 bridgehead atoms. The SMILES string of the molecule is Cc1noc(-c2cccc(-c3ccc4c(ccn4CC(=O)O)c3)c2)c1NC(=O)OCCc1ccccc1Cl. The van der Waals surface area contributed by atoms with Crippen LogP contribution in [0.1, 0.15) is 11.3 Å². The molecule has 0 saturated carbocycles. The minimum Gasteiger partial charge on any atom is -0.480 e. The number of ether oxygens (including phenoxy) is 1. The van der Waals surface area contributed by atoms with Crippen LogP contribution < -0.4 is 5.32 Å². The van der Waals surface area contributed by atoms with Crippen LogP contribution in [0.3, 0.4) is 0 Å². The number of carboxylic acid groups (broad SMARTS) is 1. The van der Waals surface area contributed by atoms with E-state index in [1.807, 2.05) is 66.7 Å². The molecule has 0 radical (unpaired) electrons. The number of aromatic nitrogens is 2. The van der Waals surface area contributed by atoms with Crippen molar-refractivity contribution in [1.82, 2.24) is 9.72 Å². The van der Waals surface area contributed by atoms with Gasteiger partial charge in [-0.25, -0.2) is 4.79 Å². The summed E-state index contributed by atoms with van der Waals surface area (Å²) in [5.74, 6) is -0.475. The van der Waals surface area contributed by atoms with Crippen LogP contribution in [-0.2, 0) is 22.5 Å². The summed E-state index contributed by atoms with van der Waals surface area (Å²) in [6.07, 6.45) is 1.65. The summed E-state index contributed by atoms with van der Waals surface area (Å²) in [7, 11) is 0. The van der Waals surface area contributed by atoms with Gasteiger partial charge in [0.25, 0.3) is 0 Å². The molecule has 0 aliphatic rings. The van der Waals surface area contributed by atoms with Crippen molar-refractivity contribution in [2.24, 2.45) is 0 Å². The van der Waals surface area contributed by atoms with Crippen molar-refractivity contribution in [3.63, 3.8) is 0 Å². The summed E-state index contributed by atoms with van der Waals surface area (Å²) >= 11 is 6.17. The monoisotopic (exact) mass is 529 g/mol. The topological polar surface area (TPSA) is 107 Å². The molecule has 0 atom stereocenters. The first kappa shape index (κ1) is 25.1. The van der Waals surface area contributed by atoms with Gasteiger partial charge < -0.3 is 18.9 Å². The summed E-state index contributed by atoms with van der Waals surface area (Å²) in [6.45, 7) is 1.81. The minimum absolute atomic E-state index is 0.0958. The van der Waals surface area contributed by atoms with Crippen LogP contribution >= 0.6 is 11.6 Å². The molecule has 0 spiro atoms. The lowest BCUT2D eigenvalue weighted by atomic mass is 10.0. The van der Waals surface area contributed by atoms with Crippen LogP contribution in [0.15, 0.2) is 83.5 Å². The van der Waals surface area contributed by atoms with Gasteiger partial charge in [-0.1, -0.05) is 59.2 Å². The first-order valence-corrected chi connectivity index (χ1v) is 12.3. The molecule has 5 aromatic rings. The molecule has 5 rings (SSSR count). The van der Waals surface area contributed by atoms with Crippen molar-refractivity contribution >= 4 is 40.3 Å². The number of hydrogen-bond donors (Lipinski definition) is 2. The van der Waals surface area contributed by atoms with E-state index in [0.29, 0.717) is 28.6 Å². The number of carbonyl (C=O) groups excluding carboxylic acids is 1. The van der Waals surface area contributed by atoms with Crippen LogP contribution in [0.2, 0.25) is 5.02 Å². The molecule has 3 aromatic carbocycles. The molecule has 2 aromatic heterocycles. The van der Waals surface area contributed by atoms with Crippen molar-refractivity contribution in [3.05, 3.63) is 95.3 Å². The molecule has 1 amide bonds. The summed E-state index contributed by atoms with van der Waals surface area (Å²) in [4.78, 5) is 23.6. The van der Waals surface area contributed by atoms with E-state index in [0.717, 1.165) is 33.2 Å². The number of aryl methyl sites for hydroxylation is 1. The molecule has 192 valence electrons. The fraction of sp³-hybridized carbons (Fsp3) is 0.138. The maximum Gasteiger partial charge on any atom is 0.411 e. The molecular formula is C29H24ClN3O5. The quantitative estimate of drug-likeness (QED) is 0.229. The standard InChI is InChI=1S/C29H24ClN3O5/c1-18-27(31-29(36)37-14-12-19-5-2-3-8-24(19)30)28(38-32-18)23-7-4-6-20(16-23)21-9-10-25-22(15-21)11-13-33(25)17-26(34)35/h2-11,13,15-16H,12,14,17H2,1H3,(H,31,36)(H,34,35). The molecule has 0 fully saturated rings. The third-order valence-electron chi connectivity index (χ3n) is 6.19. The van der Waals surface area contributed by atoms with Crippen LogP contribution in [-0.4, -0.2) is 33.5 Å². The highest BCUT2D eigenvalue weighted by atomic mass is 35.5. The number of amides is 1. The van der Waals surface area contributed by atoms with Gasteiger partial charge in [0.1, 0.15) is 17.9 Å². The number of benzene rings is 3. The molecule has 38 heavy (non-hydrogen) atoms. The van der Waals surface area contributed by atoms with E-state index in [4.69, 9.17) is 26.0 Å². The lowest BCUT2D eigenvalue weighted by molar-refractivity contribution is -0.137. The highest BCUT2D eigenvalue weighted by Gasteiger charge is 2.19. The number of aliphatic carboxylic acids is 1. The van der Waals surface area contributed by atoms with E-state index in [1.54, 1.807) is 23.8 Å². The van der Waals surface area contributed by atoms with Crippen molar-refractivity contribution < 1.29 is 24.0 Å². The van der Waals surface area contributed by atoms with E-state index < -0.39 is 12.1 Å². The maximum atomic E-state index is 12.5. The second kappa shape index (κ2) is 10.8. The normalized spacial score (nSPS) is 11.0. The minimum atomic E-state index is -0.893. The van der Waals surface area contributed by atoms with E-state index in [2.05, 4.69) is 10.5 Å². The number of anilines is 1. The number of halogens is 1. The first-order valence-electron chi connectivity index (χ1n) is 11.9. The number of rotatable bonds is 8. The Balaban J connectivity index is 1.33. The molecule has 2 N–H and O–H groups in total. The predicted molar refractivity (Wildman–Crippen MR) is 145 cm³/mol. The maximum absolute atomic E-state index is 12.5. The average Bonchev–Trinajstić information content (AvgIpc) is 3.47. The molecule has 9 heteroatoms. The molecule has 0 aliphatic heterocycles. The Labute approximate surface area is 223 Å². The lowest BCUT2D eigenvalue weighted by Gasteiger charge is -2.09. The zero-order valence-electron chi connectivity index (χ0n) is 20.5. The van der Waals surface area contributed by atoms with Crippen molar-refractivity contribution in [2.45, 2.75) is 19.9 Å². The fourth-order valence-electron chi connectivity index (χ4n) is 4.31. The highest BCUT2D eigenvalue weighted by Crippen LogP contribution is 2.34. The van der Waals surface area contributed by atoms with Gasteiger partial charge in [-0.3, -0.25) is 10.1 Å². The molecular weight excluding hydrogens is 506 g/mol. The van der Waals surface area contributed by atoms with Gasteiger partial charge in [-0.05, 0) is 53.9 Å². The van der Waals surface area contributed by atoms with Crippen LogP contribution in [0.25, 0.3) is 33.4 Å². The lowest BCUT2D eigenvalue weighted by Crippen LogP contribution is -2.16. The summed E-state index contributed by atoms with van der Waals surface area (Å²) in [5, 5.41) is 17.5. The number of carbonyl (C=O) groups is 2. The van der Waals surface area contributed by atoms with Crippen molar-refractivity contribution in [2.75, 3.05) is 11.9 Å². The van der Waals surface area contributed by atoms with Gasteiger partial charge >= 0.3 is 12.1 Å². The smallest absolute Gasteiger partial charge is 0.411 e. The number of carboxylic acids is 1. The Morgan fingerprint density at radius 3 is 2.63 bits per heavy atom. The number of hydrogen-bond acceptors (Lipinski definition) is 5. The Morgan fingerprint density at radius 2 is 1.82 bits per heavy atom. The van der Waals surface area contributed by atoms with Crippen LogP contribution in [0.5, 0.6) is 0 Å². The van der Waals surface area contributed by atoms with Gasteiger partial charge in [0.2, 0.25) is 0 Å². The van der Waals surface area contributed by atoms with Gasteiger partial charge in [-0.15, -0.1) is 0 Å². The third-order valence-corrected chi connectivity index (χ3v) is 6.56. The van der Waals surface area contributed by atoms with E-state index in [-0.39, 0.29) is 13.2 Å². The second-order valence-corrected chi connectivity index (χ2v) is 9.17. The van der Waals surface area contributed by atoms with Gasteiger partial charge in [0, 0.05) is 34.1 Å². The highest BCUT2D eigenvalue weighted by molar-refractivity contribution is 6.31. The molecule has 0 unspecified atom stereocenters. The Morgan fingerprint density at radius 1 is 1.03 bits per heavy atom. The Hall–Kier alpha value is -4.56. The zero-order chi connectivity index (χ0) is 26.6. The molecule has 0 aliphatic carbocycles. The summed E-state index contributed by atoms with van der Waals surface area (Å²) < 4.78 is 12.6. The second-order valence-electron chi connectivity index (χ2n) is 8.77. The molecule has 0 saturated heterocycles. The number of nitrogens with zero attached hydrogens (tertiary/aromatic N) is 2. The Kier molecular flexibility index (Phi) is 7.15. The van der Waals surface area contributed by atoms with Crippen LogP contribution in [0.4, 0.5) is 10.5 Å². The van der Waals surface area contributed by atoms with E-state index >= 15 is 0 Å². The van der Waals surface area contributed by atoms with Crippen LogP contribution in [0, 0.1) is 6.92 Å². The van der Waals surface area contributed by atoms with Gasteiger partial charge in [0.15, 0.2) is 5.76 Å². The van der Waals surface area contributed by atoms with Crippen molar-refractivity contribution in [3.8, 4) is 22.5 Å². The fourth-order valence-corrected chi connectivity index (χ4v) is 4.54. The largest absolute Gasteiger partial charge is 0.480 e. The third kappa shape index (κ3) is 5.40. The number of fused-ring (bicyclic) bond motifs is 1. The zero-order valence-corrected chi connectivity index (χ0v) is 21.2. The summed E-state index contributed by atoms with van der Waals surface area (Å²) in [6, 6.07) is 22.9. The Bertz CT molecular complexity index is 1640. The first-order chi connectivity index (χ1) is 18.4. The average molecular weight is 530 g/mol.